The molecule has 20 heavy (non-hydrogen) atoms. The maximum atomic E-state index is 13.3. The van der Waals surface area contributed by atoms with E-state index < -0.39 is 15.8 Å². The van der Waals surface area contributed by atoms with E-state index in [1.807, 2.05) is 0 Å². The van der Waals surface area contributed by atoms with Crippen LogP contribution < -0.4 is 10.5 Å². The molecule has 1 aromatic carbocycles. The molecule has 1 aromatic rings. The summed E-state index contributed by atoms with van der Waals surface area (Å²) in [6, 6.07) is 3.42. The van der Waals surface area contributed by atoms with Crippen LogP contribution in [0.3, 0.4) is 0 Å². The molecule has 0 amide bonds. The topological polar surface area (TPSA) is 92.4 Å². The monoisotopic (exact) mass is 302 g/mol. The summed E-state index contributed by atoms with van der Waals surface area (Å²) in [5.74, 6) is -0.507. The number of benzene rings is 1. The molecule has 1 saturated carbocycles. The predicted octanol–water partition coefficient (Wildman–Crippen LogP) is 0.866. The Bertz CT molecular complexity index is 569. The Morgan fingerprint density at radius 3 is 2.55 bits per heavy atom. The van der Waals surface area contributed by atoms with E-state index in [-0.39, 0.29) is 29.1 Å². The first kappa shape index (κ1) is 15.4. The molecule has 5 nitrogen and oxygen atoms in total. The van der Waals surface area contributed by atoms with E-state index in [0.717, 1.165) is 6.07 Å². The molecule has 1 fully saturated rings. The molecule has 1 aliphatic rings. The molecule has 0 unspecified atom stereocenters. The highest BCUT2D eigenvalue weighted by molar-refractivity contribution is 7.89. The van der Waals surface area contributed by atoms with Crippen molar-refractivity contribution in [1.29, 1.82) is 0 Å². The standard InChI is InChI=1S/C13H19FN2O3S/c14-13-6-5-12(7-9(13)8-15)20(18,19)16-10-1-3-11(17)4-2-10/h5-7,10-11,16-17H,1-4,8,15H2. The summed E-state index contributed by atoms with van der Waals surface area (Å²) in [7, 11) is -3.68. The van der Waals surface area contributed by atoms with Gasteiger partial charge in [-0.1, -0.05) is 0 Å². The Kier molecular flexibility index (Phi) is 4.74. The van der Waals surface area contributed by atoms with Crippen molar-refractivity contribution in [2.24, 2.45) is 5.73 Å². The highest BCUT2D eigenvalue weighted by Gasteiger charge is 2.25. The van der Waals surface area contributed by atoms with Crippen LogP contribution in [0, 0.1) is 5.82 Å². The molecule has 0 aromatic heterocycles. The molecule has 0 radical (unpaired) electrons. The van der Waals surface area contributed by atoms with Crippen LogP contribution in [0.4, 0.5) is 4.39 Å². The zero-order valence-corrected chi connectivity index (χ0v) is 11.9. The Hall–Kier alpha value is -1.02. The van der Waals surface area contributed by atoms with Gasteiger partial charge in [0.15, 0.2) is 0 Å². The Morgan fingerprint density at radius 2 is 1.95 bits per heavy atom. The summed E-state index contributed by atoms with van der Waals surface area (Å²) in [4.78, 5) is 0.0190. The summed E-state index contributed by atoms with van der Waals surface area (Å²) in [6.07, 6.45) is 2.04. The minimum atomic E-state index is -3.68. The minimum absolute atomic E-state index is 0.0190. The third-order valence-corrected chi connectivity index (χ3v) is 5.08. The molecule has 0 bridgehead atoms. The molecule has 7 heteroatoms. The fraction of sp³-hybridized carbons (Fsp3) is 0.538. The molecule has 0 saturated heterocycles. The van der Waals surface area contributed by atoms with Crippen LogP contribution in [-0.4, -0.2) is 25.7 Å². The summed E-state index contributed by atoms with van der Waals surface area (Å²) in [5, 5.41) is 9.41. The first-order valence-electron chi connectivity index (χ1n) is 6.61. The van der Waals surface area contributed by atoms with Crippen LogP contribution in [0.25, 0.3) is 0 Å². The number of rotatable bonds is 4. The van der Waals surface area contributed by atoms with E-state index in [1.54, 1.807) is 0 Å². The van der Waals surface area contributed by atoms with Gasteiger partial charge in [-0.3, -0.25) is 0 Å². The summed E-state index contributed by atoms with van der Waals surface area (Å²) in [5.41, 5.74) is 5.55. The molecule has 2 rings (SSSR count). The number of aliphatic hydroxyl groups excluding tert-OH is 1. The van der Waals surface area contributed by atoms with Crippen molar-refractivity contribution < 1.29 is 17.9 Å². The fourth-order valence-corrected chi connectivity index (χ4v) is 3.71. The predicted molar refractivity (Wildman–Crippen MR) is 72.9 cm³/mol. The second-order valence-electron chi connectivity index (χ2n) is 5.08. The number of hydrogen-bond donors (Lipinski definition) is 3. The minimum Gasteiger partial charge on any atom is -0.393 e. The SMILES string of the molecule is NCc1cc(S(=O)(=O)NC2CCC(O)CC2)ccc1F. The second-order valence-corrected chi connectivity index (χ2v) is 6.80. The van der Waals surface area contributed by atoms with Crippen molar-refractivity contribution in [1.82, 2.24) is 4.72 Å². The Morgan fingerprint density at radius 1 is 1.30 bits per heavy atom. The van der Waals surface area contributed by atoms with Gasteiger partial charge in [0.05, 0.1) is 11.0 Å². The van der Waals surface area contributed by atoms with Crippen molar-refractivity contribution in [2.75, 3.05) is 0 Å². The average Bonchev–Trinajstić information content (AvgIpc) is 2.41. The van der Waals surface area contributed by atoms with Crippen molar-refractivity contribution in [2.45, 2.75) is 49.3 Å². The summed E-state index contributed by atoms with van der Waals surface area (Å²) < 4.78 is 40.4. The van der Waals surface area contributed by atoms with Crippen molar-refractivity contribution in [3.63, 3.8) is 0 Å². The van der Waals surface area contributed by atoms with Crippen LogP contribution >= 0.6 is 0 Å². The summed E-state index contributed by atoms with van der Waals surface area (Å²) >= 11 is 0. The fourth-order valence-electron chi connectivity index (χ4n) is 2.36. The molecule has 4 N–H and O–H groups in total. The first-order chi connectivity index (χ1) is 9.42. The Labute approximate surface area is 118 Å². The van der Waals surface area contributed by atoms with Gasteiger partial charge >= 0.3 is 0 Å². The number of nitrogens with one attached hydrogen (secondary N) is 1. The molecular formula is C13H19FN2O3S. The van der Waals surface area contributed by atoms with Gasteiger partial charge in [-0.05, 0) is 43.9 Å². The number of halogens is 1. The molecular weight excluding hydrogens is 283 g/mol. The van der Waals surface area contributed by atoms with Gasteiger partial charge in [-0.25, -0.2) is 17.5 Å². The van der Waals surface area contributed by atoms with Gasteiger partial charge in [0, 0.05) is 18.2 Å². The van der Waals surface area contributed by atoms with E-state index in [4.69, 9.17) is 5.73 Å². The van der Waals surface area contributed by atoms with Crippen molar-refractivity contribution in [3.05, 3.63) is 29.6 Å². The number of aliphatic hydroxyl groups is 1. The number of sulfonamides is 1. The van der Waals surface area contributed by atoms with Crippen LogP contribution in [0.1, 0.15) is 31.2 Å². The quantitative estimate of drug-likeness (QED) is 0.769. The molecule has 0 aliphatic heterocycles. The van der Waals surface area contributed by atoms with Crippen LogP contribution in [-0.2, 0) is 16.6 Å². The third kappa shape index (κ3) is 3.54. The molecule has 0 atom stereocenters. The average molecular weight is 302 g/mol. The first-order valence-corrected chi connectivity index (χ1v) is 8.09. The van der Waals surface area contributed by atoms with Gasteiger partial charge < -0.3 is 10.8 Å². The van der Waals surface area contributed by atoms with Crippen molar-refractivity contribution >= 4 is 10.0 Å². The molecule has 1 aliphatic carbocycles. The molecule has 0 spiro atoms. The lowest BCUT2D eigenvalue weighted by Crippen LogP contribution is -2.38. The van der Waals surface area contributed by atoms with Gasteiger partial charge in [-0.2, -0.15) is 0 Å². The second kappa shape index (κ2) is 6.17. The van der Waals surface area contributed by atoms with E-state index >= 15 is 0 Å². The van der Waals surface area contributed by atoms with Gasteiger partial charge in [0.25, 0.3) is 0 Å². The van der Waals surface area contributed by atoms with Crippen LogP contribution in [0.2, 0.25) is 0 Å². The van der Waals surface area contributed by atoms with Gasteiger partial charge in [0.2, 0.25) is 10.0 Å². The zero-order valence-electron chi connectivity index (χ0n) is 11.0. The van der Waals surface area contributed by atoms with Crippen molar-refractivity contribution in [3.8, 4) is 0 Å². The Balaban J connectivity index is 2.14. The van der Waals surface area contributed by atoms with E-state index in [2.05, 4.69) is 4.72 Å². The summed E-state index contributed by atoms with van der Waals surface area (Å²) in [6.45, 7) is -0.0508. The van der Waals surface area contributed by atoms with E-state index in [1.165, 1.54) is 12.1 Å². The molecule has 112 valence electrons. The third-order valence-electron chi connectivity index (χ3n) is 3.57. The maximum Gasteiger partial charge on any atom is 0.240 e. The van der Waals surface area contributed by atoms with E-state index in [9.17, 15) is 17.9 Å². The maximum absolute atomic E-state index is 13.3. The largest absolute Gasteiger partial charge is 0.393 e. The smallest absolute Gasteiger partial charge is 0.240 e. The molecule has 0 heterocycles. The highest BCUT2D eigenvalue weighted by Crippen LogP contribution is 2.21. The normalized spacial score (nSPS) is 23.8. The number of hydrogen-bond acceptors (Lipinski definition) is 4. The highest BCUT2D eigenvalue weighted by atomic mass is 32.2. The van der Waals surface area contributed by atoms with Gasteiger partial charge in [-0.15, -0.1) is 0 Å². The number of nitrogens with two attached hydrogens (primary N) is 1. The lowest BCUT2D eigenvalue weighted by molar-refractivity contribution is 0.120. The van der Waals surface area contributed by atoms with Crippen LogP contribution in [0.5, 0.6) is 0 Å². The lowest BCUT2D eigenvalue weighted by Gasteiger charge is -2.26. The van der Waals surface area contributed by atoms with Crippen LogP contribution in [0.15, 0.2) is 23.1 Å². The zero-order chi connectivity index (χ0) is 14.8. The van der Waals surface area contributed by atoms with E-state index in [0.29, 0.717) is 25.7 Å². The lowest BCUT2D eigenvalue weighted by atomic mass is 9.94. The van der Waals surface area contributed by atoms with Gasteiger partial charge in [0.1, 0.15) is 5.82 Å².